The molecule has 4 heterocycles. The normalized spacial score (nSPS) is 18.4. The number of nitrogens with two attached hydrogens (primary N) is 3. The van der Waals surface area contributed by atoms with Gasteiger partial charge in [0.1, 0.15) is 23.3 Å². The van der Waals surface area contributed by atoms with Crippen molar-refractivity contribution in [2.24, 2.45) is 5.16 Å². The number of nitrogen functional groups attached to an aromatic ring is 3. The number of aliphatic carboxylic acids is 2. The Morgan fingerprint density at radius 3 is 2.65 bits per heavy atom. The van der Waals surface area contributed by atoms with Crippen LogP contribution in [-0.2, 0) is 24.0 Å². The summed E-state index contributed by atoms with van der Waals surface area (Å²) >= 11 is 3.24. The minimum atomic E-state index is -1.83. The van der Waals surface area contributed by atoms with Crippen LogP contribution in [0.2, 0.25) is 0 Å². The fourth-order valence-electron chi connectivity index (χ4n) is 4.34. The van der Waals surface area contributed by atoms with E-state index in [1.807, 2.05) is 0 Å². The topological polar surface area (TPSA) is 297 Å². The maximum absolute atomic E-state index is 13.4. The lowest BCUT2D eigenvalue weighted by molar-refractivity contribution is -0.682. The Kier molecular flexibility index (Phi) is 9.07. The number of carbonyl (C=O) groups is 4. The van der Waals surface area contributed by atoms with E-state index in [4.69, 9.17) is 22.1 Å². The molecule has 10 N–H and O–H groups in total. The molecule has 2 amide bonds. The van der Waals surface area contributed by atoms with Gasteiger partial charge in [-0.2, -0.15) is 0 Å². The second-order valence-corrected chi connectivity index (χ2v) is 12.5. The number of hydrogen-bond donors (Lipinski definition) is 7. The fraction of sp³-hybridized carbons (Fsp3) is 0.200. The molecule has 2 aromatic heterocycles. The Morgan fingerprint density at radius 2 is 2.00 bits per heavy atom. The van der Waals surface area contributed by atoms with E-state index in [0.29, 0.717) is 10.7 Å². The van der Waals surface area contributed by atoms with Crippen molar-refractivity contribution < 1.29 is 49.1 Å². The quantitative estimate of drug-likeness (QED) is 0.0165. The van der Waals surface area contributed by atoms with Crippen LogP contribution in [0.15, 0.2) is 57.4 Å². The van der Waals surface area contributed by atoms with Crippen molar-refractivity contribution in [2.75, 3.05) is 28.8 Å². The van der Waals surface area contributed by atoms with E-state index in [-0.39, 0.29) is 39.4 Å². The molecule has 1 fully saturated rings. The summed E-state index contributed by atoms with van der Waals surface area (Å²) in [6, 6.07) is 3.44. The number of thioether (sulfide) groups is 2. The number of anilines is 2. The van der Waals surface area contributed by atoms with E-state index in [9.17, 15) is 39.6 Å². The van der Waals surface area contributed by atoms with Crippen LogP contribution in [0.4, 0.5) is 10.9 Å². The van der Waals surface area contributed by atoms with Crippen molar-refractivity contribution in [3.8, 4) is 11.5 Å². The number of aromatic hydroxyl groups is 2. The van der Waals surface area contributed by atoms with E-state index in [1.54, 1.807) is 0 Å². The average Bonchev–Trinajstić information content (AvgIpc) is 3.44. The van der Waals surface area contributed by atoms with E-state index < -0.39 is 58.5 Å². The van der Waals surface area contributed by atoms with E-state index >= 15 is 0 Å². The number of hydrogen-bond acceptors (Lipinski definition) is 17. The second kappa shape index (κ2) is 13.0. The first-order chi connectivity index (χ1) is 21.8. The summed E-state index contributed by atoms with van der Waals surface area (Å²) in [5.41, 5.74) is 10.7. The first-order valence-corrected chi connectivity index (χ1v) is 15.7. The minimum absolute atomic E-state index is 0.0464. The number of fused-ring (bicyclic) bond motifs is 1. The van der Waals surface area contributed by atoms with Gasteiger partial charge in [-0.3, -0.25) is 20.3 Å². The number of carbonyl (C=O) groups excluding carboxylic acids is 3. The smallest absolute Gasteiger partial charge is 0.384 e. The van der Waals surface area contributed by atoms with E-state index in [2.05, 4.69) is 20.4 Å². The van der Waals surface area contributed by atoms with Crippen LogP contribution in [0.1, 0.15) is 17.4 Å². The molecule has 0 spiro atoms. The first-order valence-electron chi connectivity index (χ1n) is 12.8. The lowest BCUT2D eigenvalue weighted by Crippen LogP contribution is -2.71. The number of rotatable bonds is 11. The van der Waals surface area contributed by atoms with Crippen molar-refractivity contribution in [3.05, 3.63) is 58.4 Å². The molecular weight excluding hydrogens is 667 g/mol. The van der Waals surface area contributed by atoms with Crippen LogP contribution in [0.3, 0.4) is 0 Å². The average molecular weight is 690 g/mol. The van der Waals surface area contributed by atoms with Gasteiger partial charge in [-0.15, -0.1) is 27.8 Å². The maximum Gasteiger partial charge on any atom is 0.384 e. The number of nitrogens with zero attached hydrogens (tertiary/aromatic N) is 5. The summed E-state index contributed by atoms with van der Waals surface area (Å²) < 4.78 is 1.21. The Balaban J connectivity index is 1.35. The molecule has 3 aromatic rings. The summed E-state index contributed by atoms with van der Waals surface area (Å²) in [4.78, 5) is 65.0. The van der Waals surface area contributed by atoms with Gasteiger partial charge in [0.15, 0.2) is 22.3 Å². The summed E-state index contributed by atoms with van der Waals surface area (Å²) in [5, 5.41) is 48.3. The molecule has 18 nitrogen and oxygen atoms in total. The third-order valence-electron chi connectivity index (χ3n) is 6.51. The molecule has 1 aromatic carbocycles. The highest BCUT2D eigenvalue weighted by Gasteiger charge is 2.53. The van der Waals surface area contributed by atoms with Crippen LogP contribution >= 0.6 is 34.9 Å². The Morgan fingerprint density at radius 1 is 1.24 bits per heavy atom. The number of phenols is 2. The molecule has 2 aliphatic rings. The highest BCUT2D eigenvalue weighted by Crippen LogP contribution is 2.41. The van der Waals surface area contributed by atoms with Crippen molar-refractivity contribution in [1.82, 2.24) is 20.2 Å². The number of carboxylic acid groups (broad SMARTS) is 2. The zero-order valence-corrected chi connectivity index (χ0v) is 25.5. The van der Waals surface area contributed by atoms with Crippen molar-refractivity contribution >= 4 is 75.3 Å². The zero-order valence-electron chi connectivity index (χ0n) is 23.1. The van der Waals surface area contributed by atoms with Crippen molar-refractivity contribution in [1.29, 1.82) is 0 Å². The summed E-state index contributed by atoms with van der Waals surface area (Å²) in [6.07, 6.45) is -0.345. The van der Waals surface area contributed by atoms with Gasteiger partial charge in [0, 0.05) is 28.5 Å². The largest absolute Gasteiger partial charge is 0.543 e. The Hall–Kier alpha value is -5.28. The number of β-lactam (4-membered cyclic amide) rings is 1. The number of nitrogens with one attached hydrogen (secondary N) is 1. The molecule has 1 saturated heterocycles. The van der Waals surface area contributed by atoms with E-state index in [0.717, 1.165) is 40.1 Å². The van der Waals surface area contributed by atoms with Crippen LogP contribution in [0, 0.1) is 0 Å². The number of thiazole rings is 1. The minimum Gasteiger partial charge on any atom is -0.543 e. The van der Waals surface area contributed by atoms with E-state index in [1.165, 1.54) is 40.1 Å². The number of benzene rings is 1. The van der Waals surface area contributed by atoms with Gasteiger partial charge in [-0.1, -0.05) is 11.2 Å². The van der Waals surface area contributed by atoms with Gasteiger partial charge in [0.05, 0.1) is 11.7 Å². The van der Waals surface area contributed by atoms with Gasteiger partial charge < -0.3 is 46.8 Å². The molecule has 5 rings (SSSR count). The van der Waals surface area contributed by atoms with Crippen LogP contribution in [-0.4, -0.2) is 82.6 Å². The third kappa shape index (κ3) is 6.41. The van der Waals surface area contributed by atoms with Crippen molar-refractivity contribution in [2.45, 2.75) is 22.7 Å². The molecule has 0 saturated carbocycles. The molecule has 240 valence electrons. The van der Waals surface area contributed by atoms with Crippen LogP contribution in [0.25, 0.3) is 0 Å². The molecule has 3 atom stereocenters. The van der Waals surface area contributed by atoms with Crippen molar-refractivity contribution in [3.63, 3.8) is 0 Å². The number of carboxylic acids is 2. The summed E-state index contributed by atoms with van der Waals surface area (Å²) in [6.45, 7) is 0. The highest BCUT2D eigenvalue weighted by atomic mass is 32.2. The van der Waals surface area contributed by atoms with Gasteiger partial charge in [0.2, 0.25) is 11.9 Å². The van der Waals surface area contributed by atoms with Gasteiger partial charge in [0.25, 0.3) is 11.8 Å². The monoisotopic (exact) mass is 689 g/mol. The van der Waals surface area contributed by atoms with Gasteiger partial charge >= 0.3 is 11.1 Å². The third-order valence-corrected chi connectivity index (χ3v) is 9.58. The number of phenolic OH excluding ortho intramolecular Hbond substituents is 2. The molecule has 0 unspecified atom stereocenters. The molecular formula is C25H23N9O9S3. The molecule has 0 bridgehead atoms. The highest BCUT2D eigenvalue weighted by molar-refractivity contribution is 8.01. The second-order valence-electron chi connectivity index (χ2n) is 9.51. The van der Waals surface area contributed by atoms with Crippen LogP contribution < -0.4 is 32.4 Å². The predicted octanol–water partition coefficient (Wildman–Crippen LogP) is -2.14. The van der Waals surface area contributed by atoms with Gasteiger partial charge in [-0.25, -0.2) is 9.78 Å². The number of aromatic nitrogens is 3. The summed E-state index contributed by atoms with van der Waals surface area (Å²) in [7, 11) is 0. The van der Waals surface area contributed by atoms with Crippen LogP contribution in [0.5, 0.6) is 11.5 Å². The predicted molar refractivity (Wildman–Crippen MR) is 161 cm³/mol. The Bertz CT molecular complexity index is 1820. The molecule has 0 radical (unpaired) electrons. The zero-order chi connectivity index (χ0) is 33.3. The SMILES string of the molecule is Nc1cc[n+](N)c(SCC2=C(C(=O)[O-])N3C(=O)[C@@H](NC(=O)/C(=N\O[C@H](C(=O)O)c4ccc(O)c(O)c4)c4csc(N)n4)[C@H]3SC2)n1. The Labute approximate surface area is 270 Å². The molecule has 46 heavy (non-hydrogen) atoms. The standard InChI is InChI=1S/C25H23N9O9S3/c26-14-3-4-33(28)25(30-14)46-7-10-6-44-21-16(20(38)34(21)17(10)22(39)40)31-19(37)15(11-8-45-24(27)29-11)32-43-18(23(41)42)9-1-2-12(35)13(36)5-9/h1-5,8,16,18,21,26H,6-7,28H2,(H7,27,29,31,32,35,36,37,39,40,41,42)/t16-,18+,21-/m1/s1. The number of amides is 2. The molecule has 21 heteroatoms. The lowest BCUT2D eigenvalue weighted by atomic mass is 10.0. The lowest BCUT2D eigenvalue weighted by Gasteiger charge is -2.50. The molecule has 0 aliphatic carbocycles. The maximum atomic E-state index is 13.4. The number of oxime groups is 1. The first kappa shape index (κ1) is 32.1. The van der Waals surface area contributed by atoms with Gasteiger partial charge in [-0.05, 0) is 34.5 Å². The fourth-order valence-corrected chi connectivity index (χ4v) is 7.28. The summed E-state index contributed by atoms with van der Waals surface area (Å²) in [5.74, 6) is 0.330. The molecule has 2 aliphatic heterocycles.